The standard InChI is InChI=1S/C32H32N4O/c1-35-22-32(34-31(35)33,27-14-7-13-25(21-27)23-9-3-2-4-10-23)26-17-19-36(20-18-26)30(37)29-16-8-12-24-11-5-6-15-28(24)29/h2-16,21,26H,17-20,22H2,1H3,(H2,33,34). The van der Waals surface area contributed by atoms with Crippen LogP contribution in [0.15, 0.2) is 102 Å². The molecule has 5 nitrogen and oxygen atoms in total. The number of aliphatic imine (C=N–C) groups is 1. The van der Waals surface area contributed by atoms with Gasteiger partial charge in [0.15, 0.2) is 5.96 Å². The summed E-state index contributed by atoms with van der Waals surface area (Å²) < 4.78 is 0. The Morgan fingerprint density at radius 1 is 0.865 bits per heavy atom. The molecule has 6 rings (SSSR count). The van der Waals surface area contributed by atoms with E-state index in [1.807, 2.05) is 48.3 Å². The van der Waals surface area contributed by atoms with Crippen molar-refractivity contribution in [2.75, 3.05) is 26.7 Å². The molecule has 2 aliphatic heterocycles. The van der Waals surface area contributed by atoms with Crippen molar-refractivity contribution in [2.45, 2.75) is 18.4 Å². The van der Waals surface area contributed by atoms with Crippen LogP contribution in [0.1, 0.15) is 28.8 Å². The predicted octanol–water partition coefficient (Wildman–Crippen LogP) is 5.51. The normalized spacial score (nSPS) is 20.3. The highest BCUT2D eigenvalue weighted by Crippen LogP contribution is 2.44. The third-order valence-electron chi connectivity index (χ3n) is 8.13. The topological polar surface area (TPSA) is 61.9 Å². The van der Waals surface area contributed by atoms with Gasteiger partial charge >= 0.3 is 0 Å². The summed E-state index contributed by atoms with van der Waals surface area (Å²) in [5.41, 5.74) is 10.3. The van der Waals surface area contributed by atoms with E-state index in [2.05, 4.69) is 65.6 Å². The van der Waals surface area contributed by atoms with Gasteiger partial charge in [0.2, 0.25) is 0 Å². The van der Waals surface area contributed by atoms with Crippen LogP contribution >= 0.6 is 0 Å². The predicted molar refractivity (Wildman–Crippen MR) is 150 cm³/mol. The van der Waals surface area contributed by atoms with Crippen LogP contribution in [0.2, 0.25) is 0 Å². The number of amides is 1. The molecule has 1 saturated heterocycles. The van der Waals surface area contributed by atoms with Gasteiger partial charge in [-0.1, -0.05) is 84.9 Å². The molecule has 2 aliphatic rings. The van der Waals surface area contributed by atoms with Crippen LogP contribution in [0.25, 0.3) is 21.9 Å². The monoisotopic (exact) mass is 488 g/mol. The minimum atomic E-state index is -0.418. The first-order valence-electron chi connectivity index (χ1n) is 13.0. The van der Waals surface area contributed by atoms with E-state index in [1.54, 1.807) is 0 Å². The Morgan fingerprint density at radius 2 is 1.54 bits per heavy atom. The summed E-state index contributed by atoms with van der Waals surface area (Å²) in [5, 5.41) is 2.11. The molecular formula is C32H32N4O. The van der Waals surface area contributed by atoms with Crippen LogP contribution in [0.5, 0.6) is 0 Å². The lowest BCUT2D eigenvalue weighted by Gasteiger charge is -2.41. The number of carbonyl (C=O) groups is 1. The maximum atomic E-state index is 13.6. The van der Waals surface area contributed by atoms with Crippen molar-refractivity contribution in [3.05, 3.63) is 108 Å². The number of benzene rings is 4. The number of hydrogen-bond donors (Lipinski definition) is 1. The van der Waals surface area contributed by atoms with Gasteiger partial charge in [-0.05, 0) is 58.4 Å². The molecule has 0 saturated carbocycles. The average Bonchev–Trinajstić information content (AvgIpc) is 3.27. The third-order valence-corrected chi connectivity index (χ3v) is 8.13. The molecule has 37 heavy (non-hydrogen) atoms. The molecule has 0 radical (unpaired) electrons. The Bertz CT molecular complexity index is 1470. The lowest BCUT2D eigenvalue weighted by Crippen LogP contribution is -2.46. The minimum Gasteiger partial charge on any atom is -0.370 e. The molecule has 0 bridgehead atoms. The number of hydrogen-bond acceptors (Lipinski definition) is 4. The van der Waals surface area contributed by atoms with Gasteiger partial charge in [-0.3, -0.25) is 4.79 Å². The van der Waals surface area contributed by atoms with Crippen LogP contribution in [0.3, 0.4) is 0 Å². The van der Waals surface area contributed by atoms with E-state index in [1.165, 1.54) is 16.7 Å². The van der Waals surface area contributed by atoms with Gasteiger partial charge < -0.3 is 15.5 Å². The molecule has 186 valence electrons. The molecule has 2 N–H and O–H groups in total. The highest BCUT2D eigenvalue weighted by Gasteiger charge is 2.47. The molecule has 4 aromatic rings. The van der Waals surface area contributed by atoms with Crippen molar-refractivity contribution in [1.29, 1.82) is 0 Å². The first-order valence-corrected chi connectivity index (χ1v) is 13.0. The largest absolute Gasteiger partial charge is 0.370 e. The molecule has 1 unspecified atom stereocenters. The maximum absolute atomic E-state index is 13.6. The van der Waals surface area contributed by atoms with Crippen LogP contribution in [0.4, 0.5) is 0 Å². The van der Waals surface area contributed by atoms with E-state index in [9.17, 15) is 4.79 Å². The fourth-order valence-electron chi connectivity index (χ4n) is 6.12. The van der Waals surface area contributed by atoms with Crippen LogP contribution in [0, 0.1) is 5.92 Å². The average molecular weight is 489 g/mol. The van der Waals surface area contributed by atoms with E-state index in [0.717, 1.165) is 35.7 Å². The summed E-state index contributed by atoms with van der Waals surface area (Å²) in [6.07, 6.45) is 1.77. The zero-order valence-corrected chi connectivity index (χ0v) is 21.2. The van der Waals surface area contributed by atoms with E-state index in [0.29, 0.717) is 25.0 Å². The Hall–Kier alpha value is -4.12. The molecule has 1 atom stereocenters. The second kappa shape index (κ2) is 9.40. The van der Waals surface area contributed by atoms with E-state index >= 15 is 0 Å². The minimum absolute atomic E-state index is 0.113. The fourth-order valence-corrected chi connectivity index (χ4v) is 6.12. The number of likely N-dealkylation sites (N-methyl/N-ethyl adjacent to an activating group) is 1. The Kier molecular flexibility index (Phi) is 5.91. The first kappa shape index (κ1) is 23.3. The van der Waals surface area contributed by atoms with Gasteiger partial charge in [0, 0.05) is 25.7 Å². The molecule has 4 aromatic carbocycles. The number of carbonyl (C=O) groups excluding carboxylic acids is 1. The number of guanidine groups is 1. The molecule has 0 aromatic heterocycles. The lowest BCUT2D eigenvalue weighted by molar-refractivity contribution is 0.0636. The third kappa shape index (κ3) is 4.14. The second-order valence-electron chi connectivity index (χ2n) is 10.3. The summed E-state index contributed by atoms with van der Waals surface area (Å²) in [6.45, 7) is 2.18. The zero-order chi connectivity index (χ0) is 25.4. The van der Waals surface area contributed by atoms with Crippen molar-refractivity contribution in [2.24, 2.45) is 16.6 Å². The van der Waals surface area contributed by atoms with Crippen LogP contribution in [-0.4, -0.2) is 48.3 Å². The van der Waals surface area contributed by atoms with E-state index < -0.39 is 5.54 Å². The number of likely N-dealkylation sites (tertiary alicyclic amines) is 1. The smallest absolute Gasteiger partial charge is 0.254 e. The zero-order valence-electron chi connectivity index (χ0n) is 21.2. The molecular weight excluding hydrogens is 456 g/mol. The van der Waals surface area contributed by atoms with Crippen LogP contribution in [-0.2, 0) is 5.54 Å². The SMILES string of the molecule is CN1CC(c2cccc(-c3ccccc3)c2)(C2CCN(C(=O)c3cccc4ccccc34)CC2)N=C1N. The number of piperidine rings is 1. The van der Waals surface area contributed by atoms with Gasteiger partial charge in [-0.25, -0.2) is 4.99 Å². The number of nitrogens with two attached hydrogens (primary N) is 1. The summed E-state index contributed by atoms with van der Waals surface area (Å²) in [7, 11) is 2.01. The summed E-state index contributed by atoms with van der Waals surface area (Å²) in [5.74, 6) is 0.986. The van der Waals surface area contributed by atoms with Gasteiger partial charge in [-0.15, -0.1) is 0 Å². The number of rotatable bonds is 4. The van der Waals surface area contributed by atoms with Gasteiger partial charge in [0.05, 0.1) is 6.54 Å². The Morgan fingerprint density at radius 3 is 2.30 bits per heavy atom. The van der Waals surface area contributed by atoms with Crippen molar-refractivity contribution in [3.8, 4) is 11.1 Å². The lowest BCUT2D eigenvalue weighted by atomic mass is 9.73. The highest BCUT2D eigenvalue weighted by molar-refractivity contribution is 6.07. The van der Waals surface area contributed by atoms with Crippen molar-refractivity contribution in [1.82, 2.24) is 9.80 Å². The fraction of sp³-hybridized carbons (Fsp3) is 0.250. The molecule has 5 heteroatoms. The van der Waals surface area contributed by atoms with E-state index in [4.69, 9.17) is 10.7 Å². The van der Waals surface area contributed by atoms with Gasteiger partial charge in [0.25, 0.3) is 5.91 Å². The molecule has 0 spiro atoms. The Labute approximate surface area is 218 Å². The summed E-state index contributed by atoms with van der Waals surface area (Å²) >= 11 is 0. The molecule has 1 fully saturated rings. The molecule has 2 heterocycles. The quantitative estimate of drug-likeness (QED) is 0.412. The van der Waals surface area contributed by atoms with Crippen molar-refractivity contribution >= 4 is 22.6 Å². The summed E-state index contributed by atoms with van der Waals surface area (Å²) in [6, 6.07) is 33.3. The highest BCUT2D eigenvalue weighted by atomic mass is 16.2. The second-order valence-corrected chi connectivity index (χ2v) is 10.3. The number of nitrogens with zero attached hydrogens (tertiary/aromatic N) is 3. The maximum Gasteiger partial charge on any atom is 0.254 e. The summed E-state index contributed by atoms with van der Waals surface area (Å²) in [4.78, 5) is 22.8. The van der Waals surface area contributed by atoms with Gasteiger partial charge in [-0.2, -0.15) is 0 Å². The van der Waals surface area contributed by atoms with Crippen LogP contribution < -0.4 is 5.73 Å². The van der Waals surface area contributed by atoms with Crippen molar-refractivity contribution in [3.63, 3.8) is 0 Å². The van der Waals surface area contributed by atoms with Crippen molar-refractivity contribution < 1.29 is 4.79 Å². The number of fused-ring (bicyclic) bond motifs is 1. The van der Waals surface area contributed by atoms with Gasteiger partial charge in [0.1, 0.15) is 5.54 Å². The molecule has 1 amide bonds. The first-order chi connectivity index (χ1) is 18.0. The Balaban J connectivity index is 1.28. The van der Waals surface area contributed by atoms with E-state index in [-0.39, 0.29) is 5.91 Å². The molecule has 0 aliphatic carbocycles.